The monoisotopic (exact) mass is 369 g/mol. The largest absolute Gasteiger partial charge is 0.350 e. The molecule has 3 atom stereocenters. The first-order chi connectivity index (χ1) is 11.3. The van der Waals surface area contributed by atoms with Gasteiger partial charge in [-0.25, -0.2) is 0 Å². The second-order valence-electron chi connectivity index (χ2n) is 6.85. The lowest BCUT2D eigenvalue weighted by Crippen LogP contribution is -2.53. The third-order valence-corrected chi connectivity index (χ3v) is 4.48. The molecule has 0 radical (unpaired) electrons. The Morgan fingerprint density at radius 2 is 1.68 bits per heavy atom. The first-order valence-corrected chi connectivity index (χ1v) is 8.67. The van der Waals surface area contributed by atoms with Crippen LogP contribution in [0.15, 0.2) is 24.3 Å². The van der Waals surface area contributed by atoms with Crippen molar-refractivity contribution in [2.45, 2.75) is 53.1 Å². The molecule has 0 bridgehead atoms. The Kier molecular flexibility index (Phi) is 10.4. The summed E-state index contributed by atoms with van der Waals surface area (Å²) >= 11 is 0. The summed E-state index contributed by atoms with van der Waals surface area (Å²) in [4.78, 5) is 24.5. The maximum atomic E-state index is 12.3. The molecule has 0 aliphatic rings. The molecule has 2 amide bonds. The molecule has 0 heterocycles. The predicted octanol–water partition coefficient (Wildman–Crippen LogP) is 2.66. The lowest BCUT2D eigenvalue weighted by Gasteiger charge is -2.27. The topological polar surface area (TPSA) is 84.2 Å². The van der Waals surface area contributed by atoms with Gasteiger partial charge in [-0.2, -0.15) is 0 Å². The Balaban J connectivity index is 0.00000576. The van der Waals surface area contributed by atoms with Crippen molar-refractivity contribution in [1.29, 1.82) is 0 Å². The summed E-state index contributed by atoms with van der Waals surface area (Å²) in [6.07, 6.45) is 0.905. The van der Waals surface area contributed by atoms with Crippen molar-refractivity contribution in [2.75, 3.05) is 6.54 Å². The third kappa shape index (κ3) is 7.45. The molecule has 0 aliphatic carbocycles. The fraction of sp³-hybridized carbons (Fsp3) is 0.579. The Morgan fingerprint density at radius 1 is 1.12 bits per heavy atom. The van der Waals surface area contributed by atoms with Crippen LogP contribution in [0, 0.1) is 18.8 Å². The van der Waals surface area contributed by atoms with Crippen molar-refractivity contribution in [2.24, 2.45) is 17.6 Å². The van der Waals surface area contributed by atoms with Crippen LogP contribution in [0.4, 0.5) is 0 Å². The van der Waals surface area contributed by atoms with E-state index in [1.807, 2.05) is 32.9 Å². The molecule has 0 unspecified atom stereocenters. The van der Waals surface area contributed by atoms with Crippen molar-refractivity contribution in [3.8, 4) is 0 Å². The van der Waals surface area contributed by atoms with Gasteiger partial charge in [0.05, 0.1) is 6.04 Å². The van der Waals surface area contributed by atoms with E-state index in [1.54, 1.807) is 12.1 Å². The molecule has 0 aromatic heterocycles. The summed E-state index contributed by atoms with van der Waals surface area (Å²) in [5.41, 5.74) is 7.64. The molecule has 1 aromatic rings. The molecule has 0 aliphatic heterocycles. The van der Waals surface area contributed by atoms with Gasteiger partial charge in [0.25, 0.3) is 5.91 Å². The van der Waals surface area contributed by atoms with Gasteiger partial charge in [-0.05, 0) is 30.9 Å². The second kappa shape index (κ2) is 11.1. The minimum absolute atomic E-state index is 0. The number of halogens is 1. The normalized spacial score (nSPS) is 14.2. The van der Waals surface area contributed by atoms with Crippen LogP contribution in [0.2, 0.25) is 0 Å². The van der Waals surface area contributed by atoms with Crippen molar-refractivity contribution in [3.63, 3.8) is 0 Å². The van der Waals surface area contributed by atoms with Gasteiger partial charge in [0.15, 0.2) is 0 Å². The number of carbonyl (C=O) groups is 2. The van der Waals surface area contributed by atoms with Gasteiger partial charge in [0, 0.05) is 18.2 Å². The van der Waals surface area contributed by atoms with Gasteiger partial charge in [-0.3, -0.25) is 9.59 Å². The molecule has 0 spiro atoms. The van der Waals surface area contributed by atoms with E-state index >= 15 is 0 Å². The Morgan fingerprint density at radius 3 is 2.16 bits per heavy atom. The van der Waals surface area contributed by atoms with E-state index < -0.39 is 6.04 Å². The first kappa shape index (κ1) is 23.4. The first-order valence-electron chi connectivity index (χ1n) is 8.67. The Hall–Kier alpha value is -1.59. The molecule has 1 rings (SSSR count). The van der Waals surface area contributed by atoms with E-state index in [4.69, 9.17) is 5.73 Å². The minimum atomic E-state index is -0.538. The molecular formula is C19H32ClN3O2. The standard InChI is InChI=1S/C19H31N3O2.ClH/c1-6-14(5)16(22-19(24)17(20)12(2)3)11-21-18(23)15-9-7-13(4)8-10-15;/h7-10,12,14,16-17H,6,11,20H2,1-5H3,(H,21,23)(H,22,24);1H/t14-,16+,17-;/m0./s1. The van der Waals surface area contributed by atoms with Gasteiger partial charge in [-0.15, -0.1) is 12.4 Å². The summed E-state index contributed by atoms with van der Waals surface area (Å²) in [7, 11) is 0. The SMILES string of the molecule is CC[C@H](C)[C@@H](CNC(=O)c1ccc(C)cc1)NC(=O)[C@@H](N)C(C)C.Cl. The maximum absolute atomic E-state index is 12.3. The van der Waals surface area contributed by atoms with Crippen LogP contribution in [0.25, 0.3) is 0 Å². The highest BCUT2D eigenvalue weighted by atomic mass is 35.5. The molecule has 1 aromatic carbocycles. The zero-order valence-electron chi connectivity index (χ0n) is 15.8. The number of hydrogen-bond acceptors (Lipinski definition) is 3. The third-order valence-electron chi connectivity index (χ3n) is 4.48. The summed E-state index contributed by atoms with van der Waals surface area (Å²) in [6.45, 7) is 10.3. The molecule has 6 heteroatoms. The Bertz CT molecular complexity index is 546. The smallest absolute Gasteiger partial charge is 0.251 e. The molecule has 0 saturated carbocycles. The predicted molar refractivity (Wildman–Crippen MR) is 105 cm³/mol. The van der Waals surface area contributed by atoms with Gasteiger partial charge >= 0.3 is 0 Å². The zero-order chi connectivity index (χ0) is 18.3. The molecular weight excluding hydrogens is 338 g/mol. The highest BCUT2D eigenvalue weighted by Crippen LogP contribution is 2.09. The van der Waals surface area contributed by atoms with Gasteiger partial charge in [0.2, 0.25) is 5.91 Å². The highest BCUT2D eigenvalue weighted by Gasteiger charge is 2.24. The minimum Gasteiger partial charge on any atom is -0.350 e. The van der Waals surface area contributed by atoms with Crippen molar-refractivity contribution >= 4 is 24.2 Å². The van der Waals surface area contributed by atoms with Crippen LogP contribution in [-0.2, 0) is 4.79 Å². The van der Waals surface area contributed by atoms with E-state index in [9.17, 15) is 9.59 Å². The van der Waals surface area contributed by atoms with Crippen molar-refractivity contribution < 1.29 is 9.59 Å². The van der Waals surface area contributed by atoms with Crippen molar-refractivity contribution in [3.05, 3.63) is 35.4 Å². The number of hydrogen-bond donors (Lipinski definition) is 3. The summed E-state index contributed by atoms with van der Waals surface area (Å²) in [5.74, 6) is 0.0157. The molecule has 0 fully saturated rings. The average molecular weight is 370 g/mol. The van der Waals surface area contributed by atoms with Crippen LogP contribution < -0.4 is 16.4 Å². The number of benzene rings is 1. The fourth-order valence-corrected chi connectivity index (χ4v) is 2.27. The summed E-state index contributed by atoms with van der Waals surface area (Å²) < 4.78 is 0. The highest BCUT2D eigenvalue weighted by molar-refractivity contribution is 5.94. The number of carbonyl (C=O) groups excluding carboxylic acids is 2. The number of nitrogens with two attached hydrogens (primary N) is 1. The summed E-state index contributed by atoms with van der Waals surface area (Å²) in [5, 5.41) is 5.90. The van der Waals surface area contributed by atoms with E-state index in [1.165, 1.54) is 0 Å². The Labute approximate surface area is 157 Å². The fourth-order valence-electron chi connectivity index (χ4n) is 2.27. The second-order valence-corrected chi connectivity index (χ2v) is 6.85. The zero-order valence-corrected chi connectivity index (χ0v) is 16.7. The maximum Gasteiger partial charge on any atom is 0.251 e. The quantitative estimate of drug-likeness (QED) is 0.658. The number of rotatable bonds is 8. The van der Waals surface area contributed by atoms with Crippen LogP contribution in [-0.4, -0.2) is 30.4 Å². The van der Waals surface area contributed by atoms with Gasteiger partial charge in [-0.1, -0.05) is 51.8 Å². The van der Waals surface area contributed by atoms with Gasteiger partial charge in [0.1, 0.15) is 0 Å². The van der Waals surface area contributed by atoms with E-state index in [2.05, 4.69) is 24.5 Å². The van der Waals surface area contributed by atoms with Crippen LogP contribution in [0.1, 0.15) is 50.0 Å². The molecule has 142 valence electrons. The molecule has 5 nitrogen and oxygen atoms in total. The lowest BCUT2D eigenvalue weighted by molar-refractivity contribution is -0.124. The number of nitrogens with one attached hydrogen (secondary N) is 2. The summed E-state index contributed by atoms with van der Waals surface area (Å²) in [6, 6.07) is 6.74. The average Bonchev–Trinajstić information content (AvgIpc) is 2.57. The van der Waals surface area contributed by atoms with Crippen LogP contribution in [0.3, 0.4) is 0 Å². The molecule has 4 N–H and O–H groups in total. The molecule has 0 saturated heterocycles. The van der Waals surface area contributed by atoms with E-state index in [0.29, 0.717) is 12.1 Å². The van der Waals surface area contributed by atoms with Crippen molar-refractivity contribution in [1.82, 2.24) is 10.6 Å². The van der Waals surface area contributed by atoms with Crippen LogP contribution in [0.5, 0.6) is 0 Å². The molecule has 25 heavy (non-hydrogen) atoms. The lowest BCUT2D eigenvalue weighted by atomic mass is 9.97. The number of aryl methyl sites for hydroxylation is 1. The van der Waals surface area contributed by atoms with Gasteiger partial charge < -0.3 is 16.4 Å². The van der Waals surface area contributed by atoms with E-state index in [0.717, 1.165) is 12.0 Å². The van der Waals surface area contributed by atoms with Crippen LogP contribution >= 0.6 is 12.4 Å². The number of amides is 2. The van der Waals surface area contributed by atoms with E-state index in [-0.39, 0.29) is 42.1 Å².